The number of rotatable bonds is 5. The molecule has 33 heavy (non-hydrogen) atoms. The summed E-state index contributed by atoms with van der Waals surface area (Å²) in [7, 11) is -1.57. The average Bonchev–Trinajstić information content (AvgIpc) is 2.84. The third-order valence-electron chi connectivity index (χ3n) is 5.73. The van der Waals surface area contributed by atoms with Crippen LogP contribution in [-0.2, 0) is 10.0 Å². The second kappa shape index (κ2) is 8.76. The lowest BCUT2D eigenvalue weighted by Gasteiger charge is -2.33. The van der Waals surface area contributed by atoms with Crippen LogP contribution in [0.25, 0.3) is 22.2 Å². The molecule has 8 nitrogen and oxygen atoms in total. The zero-order valence-electron chi connectivity index (χ0n) is 18.2. The van der Waals surface area contributed by atoms with Crippen molar-refractivity contribution in [3.63, 3.8) is 0 Å². The molecule has 1 fully saturated rings. The Balaban J connectivity index is 1.43. The summed E-state index contributed by atoms with van der Waals surface area (Å²) in [4.78, 5) is 18.4. The highest BCUT2D eigenvalue weighted by molar-refractivity contribution is 7.92. The van der Waals surface area contributed by atoms with Gasteiger partial charge in [0.2, 0.25) is 0 Å². The van der Waals surface area contributed by atoms with Gasteiger partial charge < -0.3 is 9.80 Å². The zero-order chi connectivity index (χ0) is 22.8. The van der Waals surface area contributed by atoms with Crippen LogP contribution in [0.4, 0.5) is 11.5 Å². The Morgan fingerprint density at radius 2 is 1.64 bits per heavy atom. The van der Waals surface area contributed by atoms with E-state index in [1.54, 1.807) is 42.6 Å². The summed E-state index contributed by atoms with van der Waals surface area (Å²) < 4.78 is 27.9. The monoisotopic (exact) mass is 460 g/mol. The summed E-state index contributed by atoms with van der Waals surface area (Å²) in [6.07, 6.45) is 5.03. The highest BCUT2D eigenvalue weighted by Gasteiger charge is 2.17. The summed E-state index contributed by atoms with van der Waals surface area (Å²) in [5, 5.41) is 0. The number of pyridine rings is 1. The Morgan fingerprint density at radius 3 is 2.42 bits per heavy atom. The minimum Gasteiger partial charge on any atom is -0.353 e. The van der Waals surface area contributed by atoms with Crippen molar-refractivity contribution >= 4 is 32.6 Å². The Kier molecular flexibility index (Phi) is 5.65. The van der Waals surface area contributed by atoms with Gasteiger partial charge in [-0.15, -0.1) is 0 Å². The summed E-state index contributed by atoms with van der Waals surface area (Å²) in [5.41, 5.74) is 3.68. The number of hydrogen-bond donors (Lipinski definition) is 1. The van der Waals surface area contributed by atoms with Crippen LogP contribution in [0, 0.1) is 0 Å². The quantitative estimate of drug-likeness (QED) is 0.489. The van der Waals surface area contributed by atoms with Crippen LogP contribution in [0.2, 0.25) is 0 Å². The smallest absolute Gasteiger partial charge is 0.261 e. The van der Waals surface area contributed by atoms with Crippen molar-refractivity contribution in [1.29, 1.82) is 0 Å². The normalized spacial score (nSPS) is 15.0. The maximum Gasteiger partial charge on any atom is 0.261 e. The predicted octanol–water partition coefficient (Wildman–Crippen LogP) is 3.24. The van der Waals surface area contributed by atoms with E-state index in [1.807, 2.05) is 24.4 Å². The van der Waals surface area contributed by atoms with Crippen molar-refractivity contribution in [1.82, 2.24) is 19.9 Å². The van der Waals surface area contributed by atoms with Crippen molar-refractivity contribution in [3.8, 4) is 11.1 Å². The fourth-order valence-corrected chi connectivity index (χ4v) is 4.89. The molecule has 0 amide bonds. The fraction of sp³-hybridized carbons (Fsp3) is 0.208. The molecule has 168 valence electrons. The van der Waals surface area contributed by atoms with Gasteiger partial charge in [-0.25, -0.2) is 13.4 Å². The topological polar surface area (TPSA) is 91.3 Å². The molecule has 4 aromatic rings. The molecule has 0 aliphatic carbocycles. The standard InChI is InChI=1S/C24H24N6O2S/c1-29-9-11-30(12-10-29)24-17-26-22-8-7-18(14-23(22)27-24)19-13-20(16-25-15-19)28-33(31,32)21-5-3-2-4-6-21/h2-8,13-17,28H,9-12H2,1H3. The zero-order valence-corrected chi connectivity index (χ0v) is 19.0. The van der Waals surface area contributed by atoms with Crippen LogP contribution in [0.1, 0.15) is 0 Å². The molecule has 1 aliphatic heterocycles. The third-order valence-corrected chi connectivity index (χ3v) is 7.13. The van der Waals surface area contributed by atoms with Gasteiger partial charge in [0.1, 0.15) is 5.82 Å². The lowest BCUT2D eigenvalue weighted by molar-refractivity contribution is 0.312. The Labute approximate surface area is 193 Å². The number of likely N-dealkylation sites (N-methyl/N-ethyl adjacent to an activating group) is 1. The molecule has 0 unspecified atom stereocenters. The van der Waals surface area contributed by atoms with Crippen molar-refractivity contribution < 1.29 is 8.42 Å². The Bertz CT molecular complexity index is 1390. The number of nitrogens with one attached hydrogen (secondary N) is 1. The van der Waals surface area contributed by atoms with Crippen LogP contribution in [0.5, 0.6) is 0 Å². The van der Waals surface area contributed by atoms with E-state index in [4.69, 9.17) is 4.98 Å². The maximum atomic E-state index is 12.7. The van der Waals surface area contributed by atoms with E-state index in [1.165, 1.54) is 6.20 Å². The van der Waals surface area contributed by atoms with Crippen LogP contribution >= 0.6 is 0 Å². The highest BCUT2D eigenvalue weighted by Crippen LogP contribution is 2.26. The fourth-order valence-electron chi connectivity index (χ4n) is 3.84. The maximum absolute atomic E-state index is 12.7. The van der Waals surface area contributed by atoms with Crippen LogP contribution in [0.15, 0.2) is 78.1 Å². The first-order valence-electron chi connectivity index (χ1n) is 10.7. The lowest BCUT2D eigenvalue weighted by Crippen LogP contribution is -2.44. The van der Waals surface area contributed by atoms with E-state index in [-0.39, 0.29) is 4.90 Å². The molecular weight excluding hydrogens is 436 g/mol. The summed E-state index contributed by atoms with van der Waals surface area (Å²) in [6.45, 7) is 3.84. The second-order valence-electron chi connectivity index (χ2n) is 8.10. The van der Waals surface area contributed by atoms with E-state index in [0.29, 0.717) is 5.69 Å². The number of nitrogens with zero attached hydrogens (tertiary/aromatic N) is 5. The average molecular weight is 461 g/mol. The number of aromatic nitrogens is 3. The number of benzene rings is 2. The molecule has 0 saturated carbocycles. The molecule has 0 radical (unpaired) electrons. The second-order valence-corrected chi connectivity index (χ2v) is 9.79. The van der Waals surface area contributed by atoms with Gasteiger partial charge in [0.05, 0.1) is 34.0 Å². The molecule has 3 heterocycles. The molecule has 1 N–H and O–H groups in total. The first-order chi connectivity index (χ1) is 16.0. The van der Waals surface area contributed by atoms with Crippen LogP contribution in [-0.4, -0.2) is 61.5 Å². The predicted molar refractivity (Wildman–Crippen MR) is 130 cm³/mol. The first-order valence-corrected chi connectivity index (χ1v) is 12.2. The molecule has 2 aromatic heterocycles. The van der Waals surface area contributed by atoms with Gasteiger partial charge in [0.25, 0.3) is 10.0 Å². The van der Waals surface area contributed by atoms with Crippen LogP contribution in [0.3, 0.4) is 0 Å². The Morgan fingerprint density at radius 1 is 0.848 bits per heavy atom. The van der Waals surface area contributed by atoms with E-state index in [9.17, 15) is 8.42 Å². The SMILES string of the molecule is CN1CCN(c2cnc3ccc(-c4cncc(NS(=O)(=O)c5ccccc5)c4)cc3n2)CC1. The van der Waals surface area contributed by atoms with Gasteiger partial charge in [0, 0.05) is 37.9 Å². The van der Waals surface area contributed by atoms with Gasteiger partial charge in [-0.2, -0.15) is 0 Å². The summed E-state index contributed by atoms with van der Waals surface area (Å²) in [6, 6.07) is 15.9. The van der Waals surface area contributed by atoms with E-state index in [2.05, 4.69) is 31.5 Å². The summed E-state index contributed by atoms with van der Waals surface area (Å²) in [5.74, 6) is 0.871. The lowest BCUT2D eigenvalue weighted by atomic mass is 10.1. The molecule has 1 saturated heterocycles. The van der Waals surface area contributed by atoms with Gasteiger partial charge in [0.15, 0.2) is 0 Å². The number of hydrogen-bond acceptors (Lipinski definition) is 7. The molecule has 0 atom stereocenters. The molecule has 0 bridgehead atoms. The van der Waals surface area contributed by atoms with Crippen LogP contribution < -0.4 is 9.62 Å². The molecular formula is C24H24N6O2S. The van der Waals surface area contributed by atoms with Gasteiger partial charge in [-0.3, -0.25) is 14.7 Å². The first kappa shape index (κ1) is 21.3. The van der Waals surface area contributed by atoms with Crippen molar-refractivity contribution in [2.45, 2.75) is 4.90 Å². The number of sulfonamides is 1. The van der Waals surface area contributed by atoms with Gasteiger partial charge >= 0.3 is 0 Å². The number of anilines is 2. The van der Waals surface area contributed by atoms with E-state index >= 15 is 0 Å². The number of piperazine rings is 1. The van der Waals surface area contributed by atoms with E-state index < -0.39 is 10.0 Å². The minimum absolute atomic E-state index is 0.202. The molecule has 1 aliphatic rings. The molecule has 9 heteroatoms. The van der Waals surface area contributed by atoms with Gasteiger partial charge in [-0.1, -0.05) is 24.3 Å². The largest absolute Gasteiger partial charge is 0.353 e. The summed E-state index contributed by atoms with van der Waals surface area (Å²) >= 11 is 0. The third kappa shape index (κ3) is 4.64. The highest BCUT2D eigenvalue weighted by atomic mass is 32.2. The van der Waals surface area contributed by atoms with Gasteiger partial charge in [-0.05, 0) is 42.9 Å². The van der Waals surface area contributed by atoms with Crippen molar-refractivity contribution in [2.75, 3.05) is 42.8 Å². The molecule has 5 rings (SSSR count). The molecule has 2 aromatic carbocycles. The van der Waals surface area contributed by atoms with Crippen molar-refractivity contribution in [2.24, 2.45) is 0 Å². The number of fused-ring (bicyclic) bond motifs is 1. The van der Waals surface area contributed by atoms with E-state index in [0.717, 1.165) is 54.2 Å². The minimum atomic E-state index is -3.69. The van der Waals surface area contributed by atoms with Crippen molar-refractivity contribution in [3.05, 3.63) is 73.2 Å². The molecule has 0 spiro atoms. The Hall–Kier alpha value is -3.56.